The summed E-state index contributed by atoms with van der Waals surface area (Å²) in [6, 6.07) is 14.2. The fourth-order valence-corrected chi connectivity index (χ4v) is 5.67. The summed E-state index contributed by atoms with van der Waals surface area (Å²) in [5.41, 5.74) is 11.6. The van der Waals surface area contributed by atoms with Crippen molar-refractivity contribution >= 4 is 17.2 Å². The Hall–Kier alpha value is -2.34. The predicted molar refractivity (Wildman–Crippen MR) is 126 cm³/mol. The molecule has 29 heavy (non-hydrogen) atoms. The summed E-state index contributed by atoms with van der Waals surface area (Å²) < 4.78 is 0. The minimum absolute atomic E-state index is 0.662. The van der Waals surface area contributed by atoms with Crippen molar-refractivity contribution in [2.24, 2.45) is 5.92 Å². The first kappa shape index (κ1) is 18.7. The monoisotopic (exact) mass is 380 g/mol. The van der Waals surface area contributed by atoms with Gasteiger partial charge in [-0.1, -0.05) is 81.3 Å². The van der Waals surface area contributed by atoms with Crippen molar-refractivity contribution in [2.45, 2.75) is 64.7 Å². The summed E-state index contributed by atoms with van der Waals surface area (Å²) in [5.74, 6) is 1.53. The smallest absolute Gasteiger partial charge is 0.00555 e. The van der Waals surface area contributed by atoms with Crippen molar-refractivity contribution in [3.63, 3.8) is 0 Å². The number of aryl methyl sites for hydroxylation is 2. The van der Waals surface area contributed by atoms with Crippen molar-refractivity contribution in [3.8, 4) is 0 Å². The number of benzene rings is 2. The maximum absolute atomic E-state index is 2.47. The van der Waals surface area contributed by atoms with Gasteiger partial charge in [0.05, 0.1) is 0 Å². The maximum atomic E-state index is 2.47. The molecule has 0 heteroatoms. The van der Waals surface area contributed by atoms with Gasteiger partial charge in [-0.15, -0.1) is 0 Å². The van der Waals surface area contributed by atoms with Crippen LogP contribution in [0.25, 0.3) is 17.2 Å². The van der Waals surface area contributed by atoms with Gasteiger partial charge in [0.15, 0.2) is 0 Å². The highest BCUT2D eigenvalue weighted by atomic mass is 14.3. The lowest BCUT2D eigenvalue weighted by molar-refractivity contribution is 0.498. The molecule has 0 spiro atoms. The standard InChI is InChI=1S/C29H32/c1-3-20-9-10-23(17-21(20)4-2)24-11-12-25(18-24)26-13-15-29-27(19-26)14-16-28(29)22-7-5-6-8-22/h9-10,12-19,22,28H,3-8,11H2,1-2H3. The summed E-state index contributed by atoms with van der Waals surface area (Å²) in [4.78, 5) is 0. The van der Waals surface area contributed by atoms with E-state index in [1.807, 2.05) is 0 Å². The molecule has 3 aliphatic rings. The SMILES string of the molecule is CCc1ccc(C2=CC(c3ccc4c(c3)C=CC4C3CCCC3)=CC2)cc1CC. The average Bonchev–Trinajstić information content (AvgIpc) is 3.52. The first-order valence-electron chi connectivity index (χ1n) is 11.6. The Balaban J connectivity index is 1.39. The van der Waals surface area contributed by atoms with Gasteiger partial charge in [-0.2, -0.15) is 0 Å². The van der Waals surface area contributed by atoms with E-state index >= 15 is 0 Å². The number of hydrogen-bond donors (Lipinski definition) is 0. The fraction of sp³-hybridized carbons (Fsp3) is 0.379. The number of hydrogen-bond acceptors (Lipinski definition) is 0. The van der Waals surface area contributed by atoms with Crippen molar-refractivity contribution in [3.05, 3.63) is 88.0 Å². The molecule has 0 amide bonds. The Labute approximate surface area is 176 Å². The second kappa shape index (κ2) is 7.82. The predicted octanol–water partition coefficient (Wildman–Crippen LogP) is 7.98. The molecular formula is C29H32. The first-order chi connectivity index (χ1) is 14.3. The minimum Gasteiger partial charge on any atom is -0.0761 e. The van der Waals surface area contributed by atoms with E-state index in [4.69, 9.17) is 0 Å². The topological polar surface area (TPSA) is 0 Å². The summed E-state index contributed by atoms with van der Waals surface area (Å²) in [6.07, 6.45) is 18.6. The van der Waals surface area contributed by atoms with Gasteiger partial charge in [0, 0.05) is 5.92 Å². The van der Waals surface area contributed by atoms with Crippen LogP contribution in [0.4, 0.5) is 0 Å². The lowest BCUT2D eigenvalue weighted by Gasteiger charge is -2.18. The zero-order chi connectivity index (χ0) is 19.8. The number of allylic oxidation sites excluding steroid dienone is 5. The van der Waals surface area contributed by atoms with Gasteiger partial charge in [-0.25, -0.2) is 0 Å². The van der Waals surface area contributed by atoms with Gasteiger partial charge < -0.3 is 0 Å². The third-order valence-corrected chi connectivity index (χ3v) is 7.38. The molecule has 0 nitrogen and oxygen atoms in total. The normalized spacial score (nSPS) is 20.8. The molecule has 148 valence electrons. The highest BCUT2D eigenvalue weighted by Gasteiger charge is 2.28. The first-order valence-corrected chi connectivity index (χ1v) is 11.6. The molecule has 2 aromatic carbocycles. The molecule has 0 radical (unpaired) electrons. The number of fused-ring (bicyclic) bond motifs is 1. The summed E-state index contributed by atoms with van der Waals surface area (Å²) >= 11 is 0. The quantitative estimate of drug-likeness (QED) is 0.493. The van der Waals surface area contributed by atoms with E-state index in [9.17, 15) is 0 Å². The van der Waals surface area contributed by atoms with Gasteiger partial charge in [-0.05, 0) is 88.6 Å². The lowest BCUT2D eigenvalue weighted by atomic mass is 9.86. The van der Waals surface area contributed by atoms with Gasteiger partial charge in [0.2, 0.25) is 0 Å². The second-order valence-electron chi connectivity index (χ2n) is 9.00. The minimum atomic E-state index is 0.662. The van der Waals surface area contributed by atoms with Crippen molar-refractivity contribution in [1.82, 2.24) is 0 Å². The molecule has 1 fully saturated rings. The molecule has 0 saturated heterocycles. The third kappa shape index (κ3) is 3.44. The third-order valence-electron chi connectivity index (χ3n) is 7.38. The van der Waals surface area contributed by atoms with Gasteiger partial charge in [0.25, 0.3) is 0 Å². The number of rotatable bonds is 5. The molecule has 0 bridgehead atoms. The van der Waals surface area contributed by atoms with E-state index in [0.717, 1.165) is 25.2 Å². The lowest BCUT2D eigenvalue weighted by Crippen LogP contribution is -2.05. The van der Waals surface area contributed by atoms with Gasteiger partial charge in [-0.3, -0.25) is 0 Å². The maximum Gasteiger partial charge on any atom is 0.00555 e. The zero-order valence-corrected chi connectivity index (χ0v) is 17.9. The summed E-state index contributed by atoms with van der Waals surface area (Å²) in [7, 11) is 0. The van der Waals surface area contributed by atoms with Crippen LogP contribution in [0.3, 0.4) is 0 Å². The molecule has 2 aromatic rings. The van der Waals surface area contributed by atoms with Crippen molar-refractivity contribution in [1.29, 1.82) is 0 Å². The molecule has 0 aromatic heterocycles. The van der Waals surface area contributed by atoms with Crippen LogP contribution in [0.15, 0.2) is 54.6 Å². The Bertz CT molecular complexity index is 1010. The molecule has 1 saturated carbocycles. The van der Waals surface area contributed by atoms with E-state index in [1.165, 1.54) is 64.6 Å². The Morgan fingerprint density at radius 3 is 2.45 bits per heavy atom. The van der Waals surface area contributed by atoms with Crippen LogP contribution in [0, 0.1) is 5.92 Å². The van der Waals surface area contributed by atoms with Crippen LogP contribution in [-0.2, 0) is 12.8 Å². The van der Waals surface area contributed by atoms with Crippen LogP contribution < -0.4 is 0 Å². The van der Waals surface area contributed by atoms with Crippen molar-refractivity contribution < 1.29 is 0 Å². The van der Waals surface area contributed by atoms with Crippen LogP contribution in [0.2, 0.25) is 0 Å². The van der Waals surface area contributed by atoms with Crippen LogP contribution in [0.1, 0.15) is 85.3 Å². The molecule has 0 aliphatic heterocycles. The molecule has 5 rings (SSSR count). The molecule has 3 aliphatic carbocycles. The summed E-state index contributed by atoms with van der Waals surface area (Å²) in [5, 5.41) is 0. The van der Waals surface area contributed by atoms with Crippen LogP contribution in [0.5, 0.6) is 0 Å². The van der Waals surface area contributed by atoms with E-state index < -0.39 is 0 Å². The van der Waals surface area contributed by atoms with E-state index in [-0.39, 0.29) is 0 Å². The fourth-order valence-electron chi connectivity index (χ4n) is 5.67. The highest BCUT2D eigenvalue weighted by Crippen LogP contribution is 2.44. The van der Waals surface area contributed by atoms with Gasteiger partial charge >= 0.3 is 0 Å². The average molecular weight is 381 g/mol. The Kier molecular flexibility index (Phi) is 5.04. The Morgan fingerprint density at radius 1 is 0.862 bits per heavy atom. The molecule has 1 unspecified atom stereocenters. The van der Waals surface area contributed by atoms with E-state index in [2.05, 4.69) is 74.5 Å². The van der Waals surface area contributed by atoms with Gasteiger partial charge in [0.1, 0.15) is 0 Å². The van der Waals surface area contributed by atoms with Crippen LogP contribution in [-0.4, -0.2) is 0 Å². The largest absolute Gasteiger partial charge is 0.0761 e. The summed E-state index contributed by atoms with van der Waals surface area (Å²) in [6.45, 7) is 4.52. The van der Waals surface area contributed by atoms with E-state index in [1.54, 1.807) is 5.56 Å². The Morgan fingerprint density at radius 2 is 1.66 bits per heavy atom. The van der Waals surface area contributed by atoms with E-state index in [0.29, 0.717) is 5.92 Å². The molecule has 0 N–H and O–H groups in total. The molecular weight excluding hydrogens is 348 g/mol. The molecule has 0 heterocycles. The van der Waals surface area contributed by atoms with Crippen molar-refractivity contribution in [2.75, 3.05) is 0 Å². The zero-order valence-electron chi connectivity index (χ0n) is 17.9. The molecule has 1 atom stereocenters. The second-order valence-corrected chi connectivity index (χ2v) is 9.00. The van der Waals surface area contributed by atoms with Crippen LogP contribution >= 0.6 is 0 Å². The highest BCUT2D eigenvalue weighted by molar-refractivity contribution is 5.90.